The van der Waals surface area contributed by atoms with Gasteiger partial charge in [-0.2, -0.15) is 0 Å². The lowest BCUT2D eigenvalue weighted by molar-refractivity contribution is 0.437. The van der Waals surface area contributed by atoms with Crippen LogP contribution in [0.2, 0.25) is 0 Å². The minimum Gasteiger partial charge on any atom is -0.507 e. The fraction of sp³-hybridized carbons (Fsp3) is 0.391. The van der Waals surface area contributed by atoms with E-state index in [1.54, 1.807) is 0 Å². The van der Waals surface area contributed by atoms with Gasteiger partial charge in [0.1, 0.15) is 5.75 Å². The minimum atomic E-state index is -0.0953. The molecular weight excluding hydrogens is 292 g/mol. The molecule has 0 amide bonds. The highest BCUT2D eigenvalue weighted by Gasteiger charge is 2.29. The Balaban J connectivity index is 2.24. The van der Waals surface area contributed by atoms with E-state index in [1.165, 1.54) is 16.7 Å². The molecule has 0 radical (unpaired) electrons. The molecule has 1 aliphatic carbocycles. The molecule has 1 aliphatic rings. The number of rotatable bonds is 1. The third-order valence-corrected chi connectivity index (χ3v) is 4.95. The SMILES string of the molecule is CC(C)(C)c1cc(C2C=Cc3ccccc32)c(O)c(C(C)(C)C)c1. The minimum absolute atomic E-state index is 0.0459. The van der Waals surface area contributed by atoms with Gasteiger partial charge in [0.25, 0.3) is 0 Å². The molecule has 1 nitrogen and oxygen atoms in total. The average molecular weight is 320 g/mol. The molecule has 0 bridgehead atoms. The first-order valence-electron chi connectivity index (χ1n) is 8.74. The molecule has 0 aliphatic heterocycles. The smallest absolute Gasteiger partial charge is 0.123 e. The lowest BCUT2D eigenvalue weighted by Gasteiger charge is -2.29. The van der Waals surface area contributed by atoms with Gasteiger partial charge in [-0.15, -0.1) is 0 Å². The van der Waals surface area contributed by atoms with Gasteiger partial charge >= 0.3 is 0 Å². The highest BCUT2D eigenvalue weighted by molar-refractivity contribution is 5.67. The molecule has 0 fully saturated rings. The van der Waals surface area contributed by atoms with Gasteiger partial charge in [0.05, 0.1) is 0 Å². The highest BCUT2D eigenvalue weighted by Crippen LogP contribution is 2.45. The van der Waals surface area contributed by atoms with Crippen LogP contribution in [0.4, 0.5) is 0 Å². The Hall–Kier alpha value is -2.02. The molecule has 24 heavy (non-hydrogen) atoms. The van der Waals surface area contributed by atoms with Crippen molar-refractivity contribution in [3.8, 4) is 5.75 Å². The molecule has 126 valence electrons. The summed E-state index contributed by atoms with van der Waals surface area (Å²) < 4.78 is 0. The summed E-state index contributed by atoms with van der Waals surface area (Å²) in [6.07, 6.45) is 4.37. The van der Waals surface area contributed by atoms with Crippen molar-refractivity contribution in [1.29, 1.82) is 0 Å². The first-order valence-corrected chi connectivity index (χ1v) is 8.74. The van der Waals surface area contributed by atoms with E-state index >= 15 is 0 Å². The fourth-order valence-corrected chi connectivity index (χ4v) is 3.42. The van der Waals surface area contributed by atoms with Crippen molar-refractivity contribution in [2.45, 2.75) is 58.3 Å². The van der Waals surface area contributed by atoms with Crippen LogP contribution in [0.5, 0.6) is 5.75 Å². The van der Waals surface area contributed by atoms with Gasteiger partial charge in [-0.05, 0) is 33.1 Å². The first kappa shape index (κ1) is 16.8. The van der Waals surface area contributed by atoms with E-state index in [2.05, 4.69) is 90.1 Å². The predicted molar refractivity (Wildman–Crippen MR) is 103 cm³/mol. The van der Waals surface area contributed by atoms with Crippen LogP contribution in [-0.2, 0) is 10.8 Å². The topological polar surface area (TPSA) is 20.2 Å². The molecule has 3 rings (SSSR count). The van der Waals surface area contributed by atoms with Crippen LogP contribution in [0, 0.1) is 0 Å². The van der Waals surface area contributed by atoms with Gasteiger partial charge in [-0.25, -0.2) is 0 Å². The van der Waals surface area contributed by atoms with Crippen molar-refractivity contribution in [2.75, 3.05) is 0 Å². The molecule has 2 aromatic carbocycles. The number of hydrogen-bond donors (Lipinski definition) is 1. The maximum atomic E-state index is 11.1. The molecule has 1 atom stereocenters. The summed E-state index contributed by atoms with van der Waals surface area (Å²) in [5.74, 6) is 0.575. The summed E-state index contributed by atoms with van der Waals surface area (Å²) in [5, 5.41) is 11.1. The standard InChI is InChI=1S/C23H28O/c1-22(2,3)16-13-19(21(24)20(14-16)23(4,5)6)18-12-11-15-9-7-8-10-17(15)18/h7-14,18,24H,1-6H3. The molecule has 1 N–H and O–H groups in total. The zero-order valence-electron chi connectivity index (χ0n) is 15.6. The van der Waals surface area contributed by atoms with Gasteiger partial charge in [0.15, 0.2) is 0 Å². The average Bonchev–Trinajstić information content (AvgIpc) is 2.89. The Morgan fingerprint density at radius 2 is 1.50 bits per heavy atom. The molecule has 0 saturated carbocycles. The summed E-state index contributed by atoms with van der Waals surface area (Å²) in [5.41, 5.74) is 5.81. The summed E-state index contributed by atoms with van der Waals surface area (Å²) in [6, 6.07) is 12.8. The predicted octanol–water partition coefficient (Wildman–Crippen LogP) is 6.15. The summed E-state index contributed by atoms with van der Waals surface area (Å²) in [6.45, 7) is 13.2. The molecule has 1 heteroatoms. The van der Waals surface area contributed by atoms with Gasteiger partial charge < -0.3 is 5.11 Å². The molecule has 2 aromatic rings. The molecule has 0 aromatic heterocycles. The second-order valence-corrected chi connectivity index (χ2v) is 8.93. The highest BCUT2D eigenvalue weighted by atomic mass is 16.3. The number of aromatic hydroxyl groups is 1. The monoisotopic (exact) mass is 320 g/mol. The number of allylic oxidation sites excluding steroid dienone is 1. The van der Waals surface area contributed by atoms with Crippen LogP contribution >= 0.6 is 0 Å². The molecule has 0 heterocycles. The normalized spacial score (nSPS) is 17.2. The Morgan fingerprint density at radius 3 is 2.12 bits per heavy atom. The first-order chi connectivity index (χ1) is 11.1. The van der Waals surface area contributed by atoms with E-state index in [-0.39, 0.29) is 16.7 Å². The van der Waals surface area contributed by atoms with Gasteiger partial charge in [0, 0.05) is 11.5 Å². The van der Waals surface area contributed by atoms with Crippen molar-refractivity contribution < 1.29 is 5.11 Å². The third-order valence-electron chi connectivity index (χ3n) is 4.95. The number of fused-ring (bicyclic) bond motifs is 1. The maximum Gasteiger partial charge on any atom is 0.123 e. The van der Waals surface area contributed by atoms with E-state index in [0.29, 0.717) is 5.75 Å². The van der Waals surface area contributed by atoms with E-state index in [1.807, 2.05) is 0 Å². The number of benzene rings is 2. The molecule has 0 saturated heterocycles. The van der Waals surface area contributed by atoms with Crippen molar-refractivity contribution in [3.05, 3.63) is 70.3 Å². The van der Waals surface area contributed by atoms with E-state index in [0.717, 1.165) is 11.1 Å². The van der Waals surface area contributed by atoms with Crippen LogP contribution in [0.1, 0.15) is 75.3 Å². The second-order valence-electron chi connectivity index (χ2n) is 8.93. The van der Waals surface area contributed by atoms with Crippen molar-refractivity contribution in [3.63, 3.8) is 0 Å². The lowest BCUT2D eigenvalue weighted by atomic mass is 9.77. The van der Waals surface area contributed by atoms with Crippen LogP contribution < -0.4 is 0 Å². The second kappa shape index (κ2) is 5.51. The maximum absolute atomic E-state index is 11.1. The number of phenolic OH excluding ortho intramolecular Hbond substituents is 1. The number of phenols is 1. The van der Waals surface area contributed by atoms with Gasteiger partial charge in [0.2, 0.25) is 0 Å². The summed E-state index contributed by atoms with van der Waals surface area (Å²) >= 11 is 0. The largest absolute Gasteiger partial charge is 0.507 e. The fourth-order valence-electron chi connectivity index (χ4n) is 3.42. The third kappa shape index (κ3) is 2.88. The van der Waals surface area contributed by atoms with Crippen molar-refractivity contribution in [1.82, 2.24) is 0 Å². The van der Waals surface area contributed by atoms with E-state index in [4.69, 9.17) is 0 Å². The lowest BCUT2D eigenvalue weighted by Crippen LogP contribution is -2.18. The molecule has 0 spiro atoms. The molecule has 1 unspecified atom stereocenters. The van der Waals surface area contributed by atoms with E-state index < -0.39 is 0 Å². The van der Waals surface area contributed by atoms with Crippen LogP contribution in [-0.4, -0.2) is 5.11 Å². The van der Waals surface area contributed by atoms with E-state index in [9.17, 15) is 5.11 Å². The van der Waals surface area contributed by atoms with Crippen molar-refractivity contribution >= 4 is 6.08 Å². The zero-order valence-corrected chi connectivity index (χ0v) is 15.6. The van der Waals surface area contributed by atoms with Crippen molar-refractivity contribution in [2.24, 2.45) is 0 Å². The van der Waals surface area contributed by atoms with Crippen LogP contribution in [0.25, 0.3) is 6.08 Å². The number of hydrogen-bond acceptors (Lipinski definition) is 1. The zero-order chi connectivity index (χ0) is 17.7. The van der Waals surface area contributed by atoms with Gasteiger partial charge in [-0.3, -0.25) is 0 Å². The Morgan fingerprint density at radius 1 is 0.833 bits per heavy atom. The van der Waals surface area contributed by atoms with Crippen LogP contribution in [0.15, 0.2) is 42.5 Å². The Labute approximate surface area is 146 Å². The molecular formula is C23H28O. The summed E-state index contributed by atoms with van der Waals surface area (Å²) in [7, 11) is 0. The van der Waals surface area contributed by atoms with Crippen LogP contribution in [0.3, 0.4) is 0 Å². The van der Waals surface area contributed by atoms with Gasteiger partial charge in [-0.1, -0.05) is 90.1 Å². The Bertz CT molecular complexity index is 798. The quantitative estimate of drug-likeness (QED) is 0.668. The summed E-state index contributed by atoms with van der Waals surface area (Å²) in [4.78, 5) is 0. The Kier molecular flexibility index (Phi) is 3.86.